The van der Waals surface area contributed by atoms with Crippen molar-refractivity contribution in [2.45, 2.75) is 57.0 Å². The van der Waals surface area contributed by atoms with Crippen LogP contribution in [-0.2, 0) is 0 Å². The van der Waals surface area contributed by atoms with Gasteiger partial charge in [0.15, 0.2) is 0 Å². The van der Waals surface area contributed by atoms with E-state index < -0.39 is 0 Å². The fraction of sp³-hybridized carbons (Fsp3) is 1.00. The minimum absolute atomic E-state index is 0.471. The highest BCUT2D eigenvalue weighted by molar-refractivity contribution is 4.89. The van der Waals surface area contributed by atoms with Crippen molar-refractivity contribution in [3.8, 4) is 0 Å². The summed E-state index contributed by atoms with van der Waals surface area (Å²) in [4.78, 5) is 5.47. The molecule has 3 heteroatoms. The van der Waals surface area contributed by atoms with E-state index in [2.05, 4.69) is 9.80 Å². The highest BCUT2D eigenvalue weighted by Gasteiger charge is 2.34. The van der Waals surface area contributed by atoms with Crippen molar-refractivity contribution in [2.75, 3.05) is 32.7 Å². The first-order valence-corrected chi connectivity index (χ1v) is 8.05. The van der Waals surface area contributed by atoms with E-state index in [1.54, 1.807) is 0 Å². The van der Waals surface area contributed by atoms with E-state index in [9.17, 15) is 0 Å². The molecule has 0 saturated carbocycles. The van der Waals surface area contributed by atoms with Gasteiger partial charge in [0.25, 0.3) is 0 Å². The molecule has 2 unspecified atom stereocenters. The van der Waals surface area contributed by atoms with Crippen molar-refractivity contribution in [3.05, 3.63) is 0 Å². The van der Waals surface area contributed by atoms with Crippen LogP contribution in [-0.4, -0.2) is 54.6 Å². The van der Waals surface area contributed by atoms with Gasteiger partial charge in [-0.3, -0.25) is 0 Å². The molecule has 2 atom stereocenters. The molecule has 3 heterocycles. The van der Waals surface area contributed by atoms with Gasteiger partial charge in [0, 0.05) is 18.6 Å². The molecule has 0 aromatic carbocycles. The van der Waals surface area contributed by atoms with Crippen LogP contribution < -0.4 is 5.73 Å². The molecule has 0 radical (unpaired) electrons. The smallest absolute Gasteiger partial charge is 0.0136 e. The third-order valence-electron chi connectivity index (χ3n) is 5.35. The van der Waals surface area contributed by atoms with Gasteiger partial charge in [-0.1, -0.05) is 6.42 Å². The number of nitrogens with two attached hydrogens (primary N) is 1. The van der Waals surface area contributed by atoms with Crippen LogP contribution >= 0.6 is 0 Å². The van der Waals surface area contributed by atoms with E-state index in [1.165, 1.54) is 77.7 Å². The first kappa shape index (κ1) is 12.9. The largest absolute Gasteiger partial charge is 0.328 e. The maximum absolute atomic E-state index is 6.00. The van der Waals surface area contributed by atoms with Crippen molar-refractivity contribution in [1.82, 2.24) is 9.80 Å². The van der Waals surface area contributed by atoms with E-state index in [0.29, 0.717) is 6.04 Å². The summed E-state index contributed by atoms with van der Waals surface area (Å²) in [6.07, 6.45) is 9.66. The van der Waals surface area contributed by atoms with E-state index >= 15 is 0 Å². The topological polar surface area (TPSA) is 32.5 Å². The molecule has 3 saturated heterocycles. The molecule has 3 fully saturated rings. The van der Waals surface area contributed by atoms with E-state index in [-0.39, 0.29) is 0 Å². The van der Waals surface area contributed by atoms with Crippen LogP contribution in [0.1, 0.15) is 44.9 Å². The molecule has 0 aromatic heterocycles. The molecule has 18 heavy (non-hydrogen) atoms. The molecule has 0 bridgehead atoms. The Hall–Kier alpha value is -0.120. The highest BCUT2D eigenvalue weighted by atomic mass is 15.2. The minimum Gasteiger partial charge on any atom is -0.328 e. The van der Waals surface area contributed by atoms with Crippen molar-refractivity contribution >= 4 is 0 Å². The molecular formula is C15H29N3. The molecular weight excluding hydrogens is 222 g/mol. The molecule has 0 amide bonds. The summed E-state index contributed by atoms with van der Waals surface area (Å²) in [5, 5.41) is 0. The van der Waals surface area contributed by atoms with Gasteiger partial charge in [0.2, 0.25) is 0 Å². The monoisotopic (exact) mass is 251 g/mol. The standard InChI is InChI=1S/C15H29N3/c16-14-6-10-17(11-7-14)12-13-4-3-9-18-8-2-1-5-15(13)18/h13-15H,1-12,16H2. The second-order valence-electron chi connectivity index (χ2n) is 6.64. The number of piperidine rings is 3. The summed E-state index contributed by atoms with van der Waals surface area (Å²) in [5.74, 6) is 0.938. The molecule has 2 N–H and O–H groups in total. The van der Waals surface area contributed by atoms with Gasteiger partial charge >= 0.3 is 0 Å². The van der Waals surface area contributed by atoms with Crippen LogP contribution in [0.25, 0.3) is 0 Å². The zero-order valence-electron chi connectivity index (χ0n) is 11.7. The lowest BCUT2D eigenvalue weighted by molar-refractivity contribution is 0.0361. The Morgan fingerprint density at radius 1 is 0.833 bits per heavy atom. The Labute approximate surface area is 112 Å². The average molecular weight is 251 g/mol. The number of likely N-dealkylation sites (tertiary alicyclic amines) is 1. The SMILES string of the molecule is NC1CCN(CC2CCCN3CCCCC23)CC1. The van der Waals surface area contributed by atoms with Gasteiger partial charge in [-0.15, -0.1) is 0 Å². The Bertz CT molecular complexity index is 258. The lowest BCUT2D eigenvalue weighted by Gasteiger charge is -2.46. The van der Waals surface area contributed by atoms with Crippen LogP contribution in [0.2, 0.25) is 0 Å². The van der Waals surface area contributed by atoms with Gasteiger partial charge in [-0.25, -0.2) is 0 Å². The summed E-state index contributed by atoms with van der Waals surface area (Å²) in [5.41, 5.74) is 6.00. The van der Waals surface area contributed by atoms with Crippen LogP contribution in [0.15, 0.2) is 0 Å². The lowest BCUT2D eigenvalue weighted by atomic mass is 9.83. The summed E-state index contributed by atoms with van der Waals surface area (Å²) < 4.78 is 0. The first-order valence-electron chi connectivity index (χ1n) is 8.05. The lowest BCUT2D eigenvalue weighted by Crippen LogP contribution is -2.52. The number of fused-ring (bicyclic) bond motifs is 1. The number of rotatable bonds is 2. The van der Waals surface area contributed by atoms with Gasteiger partial charge < -0.3 is 15.5 Å². The molecule has 3 aliphatic heterocycles. The molecule has 104 valence electrons. The normalized spacial score (nSPS) is 36.5. The summed E-state index contributed by atoms with van der Waals surface area (Å²) >= 11 is 0. The molecule has 0 aliphatic carbocycles. The van der Waals surface area contributed by atoms with Crippen LogP contribution in [0.4, 0.5) is 0 Å². The Balaban J connectivity index is 1.54. The maximum Gasteiger partial charge on any atom is 0.0136 e. The summed E-state index contributed by atoms with van der Waals surface area (Å²) in [6.45, 7) is 6.56. The molecule has 0 aromatic rings. The molecule has 0 spiro atoms. The fourth-order valence-electron chi connectivity index (χ4n) is 4.26. The highest BCUT2D eigenvalue weighted by Crippen LogP contribution is 2.31. The Kier molecular flexibility index (Phi) is 4.22. The Morgan fingerprint density at radius 2 is 1.61 bits per heavy atom. The zero-order valence-corrected chi connectivity index (χ0v) is 11.7. The molecule has 3 rings (SSSR count). The Morgan fingerprint density at radius 3 is 2.44 bits per heavy atom. The van der Waals surface area contributed by atoms with Gasteiger partial charge in [-0.2, -0.15) is 0 Å². The average Bonchev–Trinajstić information content (AvgIpc) is 2.42. The van der Waals surface area contributed by atoms with Crippen molar-refractivity contribution in [1.29, 1.82) is 0 Å². The number of hydrogen-bond acceptors (Lipinski definition) is 3. The van der Waals surface area contributed by atoms with E-state index in [0.717, 1.165) is 12.0 Å². The summed E-state index contributed by atoms with van der Waals surface area (Å²) in [7, 11) is 0. The van der Waals surface area contributed by atoms with Crippen molar-refractivity contribution < 1.29 is 0 Å². The van der Waals surface area contributed by atoms with Crippen molar-refractivity contribution in [2.24, 2.45) is 11.7 Å². The second-order valence-corrected chi connectivity index (χ2v) is 6.64. The molecule has 3 nitrogen and oxygen atoms in total. The van der Waals surface area contributed by atoms with E-state index in [4.69, 9.17) is 5.73 Å². The van der Waals surface area contributed by atoms with Crippen LogP contribution in [0, 0.1) is 5.92 Å². The van der Waals surface area contributed by atoms with Gasteiger partial charge in [0.05, 0.1) is 0 Å². The third kappa shape index (κ3) is 2.89. The van der Waals surface area contributed by atoms with Crippen LogP contribution in [0.3, 0.4) is 0 Å². The zero-order chi connectivity index (χ0) is 12.4. The third-order valence-corrected chi connectivity index (χ3v) is 5.35. The second kappa shape index (κ2) is 5.89. The predicted octanol–water partition coefficient (Wildman–Crippen LogP) is 1.67. The predicted molar refractivity (Wildman–Crippen MR) is 75.6 cm³/mol. The quantitative estimate of drug-likeness (QED) is 0.810. The van der Waals surface area contributed by atoms with Gasteiger partial charge in [-0.05, 0) is 70.6 Å². The van der Waals surface area contributed by atoms with Gasteiger partial charge in [0.1, 0.15) is 0 Å². The van der Waals surface area contributed by atoms with E-state index in [1.807, 2.05) is 0 Å². The fourth-order valence-corrected chi connectivity index (χ4v) is 4.26. The number of hydrogen-bond donors (Lipinski definition) is 1. The first-order chi connectivity index (χ1) is 8.83. The number of nitrogens with zero attached hydrogens (tertiary/aromatic N) is 2. The molecule has 3 aliphatic rings. The van der Waals surface area contributed by atoms with Crippen LogP contribution in [0.5, 0.6) is 0 Å². The maximum atomic E-state index is 6.00. The minimum atomic E-state index is 0.471. The summed E-state index contributed by atoms with van der Waals surface area (Å²) in [6, 6.07) is 1.38. The van der Waals surface area contributed by atoms with Crippen molar-refractivity contribution in [3.63, 3.8) is 0 Å².